The highest BCUT2D eigenvalue weighted by Gasteiger charge is 2.09. The maximum atomic E-state index is 12.1. The van der Waals surface area contributed by atoms with Crippen molar-refractivity contribution in [2.75, 3.05) is 11.9 Å². The first-order chi connectivity index (χ1) is 11.5. The normalized spacial score (nSPS) is 11.0. The third kappa shape index (κ3) is 3.56. The summed E-state index contributed by atoms with van der Waals surface area (Å²) >= 11 is 0. The highest BCUT2D eigenvalue weighted by molar-refractivity contribution is 5.91. The Bertz CT molecular complexity index is 851. The van der Waals surface area contributed by atoms with Gasteiger partial charge in [0.15, 0.2) is 18.0 Å². The first kappa shape index (κ1) is 16.1. The molecule has 5 heteroatoms. The Morgan fingerprint density at radius 3 is 2.71 bits per heavy atom. The van der Waals surface area contributed by atoms with Crippen molar-refractivity contribution in [2.24, 2.45) is 0 Å². The van der Waals surface area contributed by atoms with Crippen molar-refractivity contribution in [1.82, 2.24) is 9.38 Å². The van der Waals surface area contributed by atoms with Gasteiger partial charge in [-0.05, 0) is 42.7 Å². The fraction of sp³-hybridized carbons (Fsp3) is 0.263. The largest absolute Gasteiger partial charge is 0.480 e. The fourth-order valence-corrected chi connectivity index (χ4v) is 2.51. The molecule has 0 aliphatic rings. The van der Waals surface area contributed by atoms with Gasteiger partial charge in [0.05, 0.1) is 5.69 Å². The molecular weight excluding hydrogens is 302 g/mol. The van der Waals surface area contributed by atoms with E-state index in [9.17, 15) is 4.79 Å². The molecule has 1 aromatic carbocycles. The Morgan fingerprint density at radius 2 is 2.00 bits per heavy atom. The van der Waals surface area contributed by atoms with Crippen molar-refractivity contribution in [3.05, 3.63) is 60.0 Å². The molecule has 0 aliphatic carbocycles. The lowest BCUT2D eigenvalue weighted by Crippen LogP contribution is -2.20. The van der Waals surface area contributed by atoms with Crippen molar-refractivity contribution >= 4 is 17.2 Å². The van der Waals surface area contributed by atoms with E-state index in [1.807, 2.05) is 60.1 Å². The van der Waals surface area contributed by atoms with Crippen molar-refractivity contribution < 1.29 is 9.53 Å². The van der Waals surface area contributed by atoms with E-state index in [1.54, 1.807) is 0 Å². The van der Waals surface area contributed by atoms with Crippen molar-refractivity contribution in [3.8, 4) is 5.75 Å². The van der Waals surface area contributed by atoms with Crippen LogP contribution in [0.25, 0.3) is 5.65 Å². The summed E-state index contributed by atoms with van der Waals surface area (Å²) in [6, 6.07) is 11.5. The zero-order chi connectivity index (χ0) is 17.1. The number of fused-ring (bicyclic) bond motifs is 1. The number of imidazole rings is 1. The molecule has 0 bridgehead atoms. The minimum Gasteiger partial charge on any atom is -0.480 e. The molecule has 0 spiro atoms. The van der Waals surface area contributed by atoms with Gasteiger partial charge in [0.1, 0.15) is 0 Å². The summed E-state index contributed by atoms with van der Waals surface area (Å²) in [5.41, 5.74) is 3.62. The van der Waals surface area contributed by atoms with Gasteiger partial charge in [-0.1, -0.05) is 26.0 Å². The highest BCUT2D eigenvalue weighted by Crippen LogP contribution is 2.19. The number of rotatable bonds is 5. The summed E-state index contributed by atoms with van der Waals surface area (Å²) in [7, 11) is 0. The van der Waals surface area contributed by atoms with Gasteiger partial charge < -0.3 is 14.5 Å². The number of nitrogens with one attached hydrogen (secondary N) is 1. The van der Waals surface area contributed by atoms with Crippen LogP contribution in [0.1, 0.15) is 31.0 Å². The second-order valence-corrected chi connectivity index (χ2v) is 6.10. The number of carbonyl (C=O) groups is 1. The lowest BCUT2D eigenvalue weighted by Gasteiger charge is -2.10. The van der Waals surface area contributed by atoms with Crippen LogP contribution >= 0.6 is 0 Å². The van der Waals surface area contributed by atoms with Crippen LogP contribution in [0.4, 0.5) is 5.69 Å². The minimum atomic E-state index is -0.197. The number of pyridine rings is 1. The van der Waals surface area contributed by atoms with Gasteiger partial charge >= 0.3 is 0 Å². The Morgan fingerprint density at radius 1 is 1.25 bits per heavy atom. The quantitative estimate of drug-likeness (QED) is 0.777. The number of carbonyl (C=O) groups excluding carboxylic acids is 1. The van der Waals surface area contributed by atoms with Crippen molar-refractivity contribution in [1.29, 1.82) is 0 Å². The Labute approximate surface area is 141 Å². The summed E-state index contributed by atoms with van der Waals surface area (Å²) in [6.07, 6.45) is 3.82. The van der Waals surface area contributed by atoms with Gasteiger partial charge in [0.2, 0.25) is 0 Å². The third-order valence-corrected chi connectivity index (χ3v) is 3.79. The number of ether oxygens (including phenoxy) is 1. The van der Waals surface area contributed by atoms with Crippen LogP contribution in [0.2, 0.25) is 0 Å². The maximum Gasteiger partial charge on any atom is 0.262 e. The second kappa shape index (κ2) is 6.74. The molecule has 5 nitrogen and oxygen atoms in total. The van der Waals surface area contributed by atoms with Crippen molar-refractivity contribution in [3.63, 3.8) is 0 Å². The molecule has 2 aromatic heterocycles. The molecule has 0 aliphatic heterocycles. The summed E-state index contributed by atoms with van der Waals surface area (Å²) in [5.74, 6) is 0.866. The predicted molar refractivity (Wildman–Crippen MR) is 94.6 cm³/mol. The molecule has 1 amide bonds. The number of amides is 1. The number of hydrogen-bond donors (Lipinski definition) is 1. The SMILES string of the molecule is Cc1cn2cccc(OCC(=O)Nc3ccc(C(C)C)cc3)c2n1. The third-order valence-electron chi connectivity index (χ3n) is 3.79. The molecule has 0 unspecified atom stereocenters. The van der Waals surface area contributed by atoms with Crippen LogP contribution in [0.15, 0.2) is 48.8 Å². The standard InChI is InChI=1S/C19H21N3O2/c1-13(2)15-6-8-16(9-7-15)21-18(23)12-24-17-5-4-10-22-11-14(3)20-19(17)22/h4-11,13H,12H2,1-3H3,(H,21,23). The summed E-state index contributed by atoms with van der Waals surface area (Å²) in [4.78, 5) is 16.5. The average molecular weight is 323 g/mol. The first-order valence-electron chi connectivity index (χ1n) is 8.00. The second-order valence-electron chi connectivity index (χ2n) is 6.10. The maximum absolute atomic E-state index is 12.1. The van der Waals surface area contributed by atoms with Crippen LogP contribution in [-0.2, 0) is 4.79 Å². The highest BCUT2D eigenvalue weighted by atomic mass is 16.5. The van der Waals surface area contributed by atoms with Gasteiger partial charge in [-0.15, -0.1) is 0 Å². The molecule has 1 N–H and O–H groups in total. The fourth-order valence-electron chi connectivity index (χ4n) is 2.51. The summed E-state index contributed by atoms with van der Waals surface area (Å²) in [6.45, 7) is 6.14. The molecule has 0 saturated carbocycles. The van der Waals surface area contributed by atoms with E-state index in [4.69, 9.17) is 4.74 Å². The van der Waals surface area contributed by atoms with Gasteiger partial charge in [-0.2, -0.15) is 0 Å². The van der Waals surface area contributed by atoms with Crippen LogP contribution in [-0.4, -0.2) is 21.9 Å². The van der Waals surface area contributed by atoms with E-state index in [0.717, 1.165) is 11.4 Å². The Balaban J connectivity index is 1.62. The number of benzene rings is 1. The molecule has 3 rings (SSSR count). The number of aromatic nitrogens is 2. The van der Waals surface area contributed by atoms with Crippen LogP contribution in [0.3, 0.4) is 0 Å². The number of aryl methyl sites for hydroxylation is 1. The number of nitrogens with zero attached hydrogens (tertiary/aromatic N) is 2. The van der Waals surface area contributed by atoms with E-state index in [-0.39, 0.29) is 12.5 Å². The predicted octanol–water partition coefficient (Wildman–Crippen LogP) is 3.78. The Kier molecular flexibility index (Phi) is 4.51. The van der Waals surface area contributed by atoms with E-state index in [2.05, 4.69) is 24.1 Å². The molecule has 0 fully saturated rings. The summed E-state index contributed by atoms with van der Waals surface area (Å²) in [5, 5.41) is 2.84. The first-order valence-corrected chi connectivity index (χ1v) is 8.00. The van der Waals surface area contributed by atoms with Crippen molar-refractivity contribution in [2.45, 2.75) is 26.7 Å². The van der Waals surface area contributed by atoms with E-state index in [0.29, 0.717) is 17.3 Å². The monoisotopic (exact) mass is 323 g/mol. The molecule has 0 radical (unpaired) electrons. The van der Waals surface area contributed by atoms with E-state index >= 15 is 0 Å². The number of anilines is 1. The molecule has 124 valence electrons. The van der Waals surface area contributed by atoms with Gasteiger partial charge in [-0.3, -0.25) is 4.79 Å². The van der Waals surface area contributed by atoms with Crippen LogP contribution in [0, 0.1) is 6.92 Å². The topological polar surface area (TPSA) is 55.6 Å². The molecule has 0 saturated heterocycles. The Hall–Kier alpha value is -2.82. The molecular formula is C19H21N3O2. The zero-order valence-electron chi connectivity index (χ0n) is 14.1. The molecule has 2 heterocycles. The van der Waals surface area contributed by atoms with Gasteiger partial charge in [0, 0.05) is 18.1 Å². The lowest BCUT2D eigenvalue weighted by molar-refractivity contribution is -0.118. The molecule has 3 aromatic rings. The number of hydrogen-bond acceptors (Lipinski definition) is 3. The summed E-state index contributed by atoms with van der Waals surface area (Å²) < 4.78 is 7.52. The van der Waals surface area contributed by atoms with Crippen LogP contribution < -0.4 is 10.1 Å². The minimum absolute atomic E-state index is 0.0580. The average Bonchev–Trinajstić information content (AvgIpc) is 2.94. The lowest BCUT2D eigenvalue weighted by atomic mass is 10.0. The zero-order valence-corrected chi connectivity index (χ0v) is 14.1. The van der Waals surface area contributed by atoms with Crippen LogP contribution in [0.5, 0.6) is 5.75 Å². The van der Waals surface area contributed by atoms with E-state index in [1.165, 1.54) is 5.56 Å². The van der Waals surface area contributed by atoms with Gasteiger partial charge in [0.25, 0.3) is 5.91 Å². The van der Waals surface area contributed by atoms with E-state index < -0.39 is 0 Å². The molecule has 24 heavy (non-hydrogen) atoms. The smallest absolute Gasteiger partial charge is 0.262 e. The molecule has 0 atom stereocenters. The van der Waals surface area contributed by atoms with Gasteiger partial charge in [-0.25, -0.2) is 4.98 Å².